The van der Waals surface area contributed by atoms with Crippen molar-refractivity contribution in [1.82, 2.24) is 30.4 Å². The third-order valence-electron chi connectivity index (χ3n) is 7.59. The van der Waals surface area contributed by atoms with Crippen LogP contribution in [0.4, 0.5) is 4.79 Å². The summed E-state index contributed by atoms with van der Waals surface area (Å²) in [5, 5.41) is 7.40. The molecular weight excluding hydrogens is 556 g/mol. The number of rotatable bonds is 5. The van der Waals surface area contributed by atoms with E-state index in [0.717, 1.165) is 21.3 Å². The molecule has 4 amide bonds. The molecule has 2 aromatic heterocycles. The van der Waals surface area contributed by atoms with Gasteiger partial charge in [-0.2, -0.15) is 0 Å². The number of hydrogen-bond donors (Lipinski definition) is 3. The van der Waals surface area contributed by atoms with Gasteiger partial charge in [-0.1, -0.05) is 11.6 Å². The van der Waals surface area contributed by atoms with Crippen LogP contribution in [-0.2, 0) is 22.6 Å². The van der Waals surface area contributed by atoms with Gasteiger partial charge in [0.05, 0.1) is 24.8 Å². The zero-order valence-electron chi connectivity index (χ0n) is 24.9. The maximum atomic E-state index is 13.4. The molecule has 5 rings (SSSR count). The number of benzene rings is 1. The van der Waals surface area contributed by atoms with E-state index in [-0.39, 0.29) is 36.2 Å². The number of ether oxygens (including phenoxy) is 1. The van der Waals surface area contributed by atoms with Crippen molar-refractivity contribution in [2.75, 3.05) is 14.1 Å². The average Bonchev–Trinajstić information content (AvgIpc) is 3.61. The van der Waals surface area contributed by atoms with E-state index in [1.54, 1.807) is 23.9 Å². The lowest BCUT2D eigenvalue weighted by atomic mass is 9.81. The Morgan fingerprint density at radius 2 is 1.79 bits per heavy atom. The molecule has 12 heteroatoms. The van der Waals surface area contributed by atoms with Gasteiger partial charge in [-0.3, -0.25) is 19.3 Å². The minimum Gasteiger partial charge on any atom is -0.444 e. The monoisotopic (exact) mass is 594 g/mol. The highest BCUT2D eigenvalue weighted by Crippen LogP contribution is 2.31. The smallest absolute Gasteiger partial charge is 0.410 e. The average molecular weight is 595 g/mol. The van der Waals surface area contributed by atoms with Gasteiger partial charge in [0.2, 0.25) is 5.91 Å². The summed E-state index contributed by atoms with van der Waals surface area (Å²) < 4.78 is 5.46. The molecule has 3 N–H and O–H groups in total. The lowest BCUT2D eigenvalue weighted by molar-refractivity contribution is -0.134. The highest BCUT2D eigenvalue weighted by atomic mass is 32.1. The lowest BCUT2D eigenvalue weighted by Gasteiger charge is -2.37. The fraction of sp³-hybridized carbons (Fsp3) is 0.500. The Bertz CT molecular complexity index is 1510. The number of H-pyrrole nitrogens is 1. The van der Waals surface area contributed by atoms with Crippen molar-refractivity contribution in [2.24, 2.45) is 5.92 Å². The molecule has 2 aliphatic rings. The molecule has 1 fully saturated rings. The van der Waals surface area contributed by atoms with Gasteiger partial charge in [-0.15, -0.1) is 11.3 Å². The van der Waals surface area contributed by atoms with Crippen molar-refractivity contribution < 1.29 is 23.9 Å². The quantitative estimate of drug-likeness (QED) is 0.409. The summed E-state index contributed by atoms with van der Waals surface area (Å²) in [5.41, 5.74) is 2.50. The molecular formula is C30H38N6O5S. The van der Waals surface area contributed by atoms with Crippen LogP contribution in [0.5, 0.6) is 0 Å². The van der Waals surface area contributed by atoms with Crippen LogP contribution in [-0.4, -0.2) is 75.4 Å². The highest BCUT2D eigenvalue weighted by Gasteiger charge is 2.38. The van der Waals surface area contributed by atoms with Crippen LogP contribution >= 0.6 is 11.3 Å². The summed E-state index contributed by atoms with van der Waals surface area (Å²) in [4.78, 5) is 63.6. The Kier molecular flexibility index (Phi) is 8.02. The molecule has 3 atom stereocenters. The Labute approximate surface area is 249 Å². The molecule has 1 aromatic carbocycles. The van der Waals surface area contributed by atoms with Gasteiger partial charge < -0.3 is 25.3 Å². The molecule has 0 unspecified atom stereocenters. The highest BCUT2D eigenvalue weighted by molar-refractivity contribution is 7.13. The molecule has 3 heterocycles. The van der Waals surface area contributed by atoms with E-state index < -0.39 is 17.7 Å². The van der Waals surface area contributed by atoms with Gasteiger partial charge in [0.1, 0.15) is 11.3 Å². The van der Waals surface area contributed by atoms with Gasteiger partial charge in [0.25, 0.3) is 11.8 Å². The largest absolute Gasteiger partial charge is 0.444 e. The zero-order valence-corrected chi connectivity index (χ0v) is 25.7. The van der Waals surface area contributed by atoms with Crippen LogP contribution in [0.1, 0.15) is 76.5 Å². The van der Waals surface area contributed by atoms with Gasteiger partial charge >= 0.3 is 6.09 Å². The van der Waals surface area contributed by atoms with E-state index in [1.807, 2.05) is 52.0 Å². The Balaban J connectivity index is 1.29. The van der Waals surface area contributed by atoms with Crippen LogP contribution in [0.15, 0.2) is 24.3 Å². The minimum absolute atomic E-state index is 0.000437. The van der Waals surface area contributed by atoms with Gasteiger partial charge in [-0.05, 0) is 65.2 Å². The molecule has 11 nitrogen and oxygen atoms in total. The fourth-order valence-corrected chi connectivity index (χ4v) is 6.53. The normalized spacial score (nSPS) is 20.2. The first-order valence-corrected chi connectivity index (χ1v) is 15.0. The first kappa shape index (κ1) is 29.6. The fourth-order valence-electron chi connectivity index (χ4n) is 5.54. The van der Waals surface area contributed by atoms with Crippen LogP contribution in [0.2, 0.25) is 0 Å². The van der Waals surface area contributed by atoms with Crippen molar-refractivity contribution in [3.63, 3.8) is 0 Å². The minimum atomic E-state index is -0.600. The van der Waals surface area contributed by atoms with E-state index in [9.17, 15) is 19.2 Å². The molecule has 42 heavy (non-hydrogen) atoms. The number of aromatic nitrogens is 2. The van der Waals surface area contributed by atoms with Gasteiger partial charge in [-0.25, -0.2) is 9.78 Å². The molecule has 0 bridgehead atoms. The molecule has 224 valence electrons. The van der Waals surface area contributed by atoms with E-state index in [1.165, 1.54) is 11.3 Å². The standard InChI is InChI=1S/C30H38N6O5S/c1-16-7-9-19-18(11-16)13-22(31-19)25(37)32-20-10-8-17(28(39)35(5)6)12-21(20)33-26(38)27-34-23-14-36(15-24(23)42-27)29(40)41-30(2,3)4/h7,9,11,13,17,20-21,31H,8,10,12,14-15H2,1-6H3,(H,32,37)(H,33,38)/t17-,20-,21+/m0/s1. The predicted octanol–water partition coefficient (Wildman–Crippen LogP) is 3.97. The van der Waals surface area contributed by atoms with Crippen molar-refractivity contribution in [3.8, 4) is 0 Å². The molecule has 0 radical (unpaired) electrons. The van der Waals surface area contributed by atoms with Crippen LogP contribution in [0.3, 0.4) is 0 Å². The summed E-state index contributed by atoms with van der Waals surface area (Å²) >= 11 is 1.25. The molecule has 0 saturated heterocycles. The summed E-state index contributed by atoms with van der Waals surface area (Å²) in [6.07, 6.45) is 1.13. The topological polar surface area (TPSA) is 137 Å². The van der Waals surface area contributed by atoms with Crippen LogP contribution in [0.25, 0.3) is 10.9 Å². The number of carbonyl (C=O) groups excluding carboxylic acids is 4. The number of fused-ring (bicyclic) bond motifs is 2. The molecule has 1 aliphatic carbocycles. The van der Waals surface area contributed by atoms with Gasteiger partial charge in [0.15, 0.2) is 5.01 Å². The third kappa shape index (κ3) is 6.43. The second-order valence-corrected chi connectivity index (χ2v) is 13.5. The molecule has 0 spiro atoms. The Morgan fingerprint density at radius 1 is 1.05 bits per heavy atom. The van der Waals surface area contributed by atoms with Crippen molar-refractivity contribution >= 4 is 46.1 Å². The second-order valence-electron chi connectivity index (χ2n) is 12.4. The first-order valence-electron chi connectivity index (χ1n) is 14.2. The third-order valence-corrected chi connectivity index (χ3v) is 8.67. The van der Waals surface area contributed by atoms with E-state index in [2.05, 4.69) is 20.6 Å². The Morgan fingerprint density at radius 3 is 2.48 bits per heavy atom. The number of aryl methyl sites for hydroxylation is 1. The lowest BCUT2D eigenvalue weighted by Crippen LogP contribution is -2.56. The SMILES string of the molecule is Cc1ccc2[nH]c(C(=O)N[C@H]3CC[C@H](C(=O)N(C)C)C[C@H]3NC(=O)c3nc4c(s3)CN(C(=O)OC(C)(C)C)C4)cc2c1. The number of hydrogen-bond acceptors (Lipinski definition) is 7. The van der Waals surface area contributed by atoms with Crippen LogP contribution < -0.4 is 10.6 Å². The number of carbonyl (C=O) groups is 4. The van der Waals surface area contributed by atoms with E-state index >= 15 is 0 Å². The second kappa shape index (κ2) is 11.4. The summed E-state index contributed by atoms with van der Waals surface area (Å²) in [6, 6.07) is 6.94. The summed E-state index contributed by atoms with van der Waals surface area (Å²) in [6.45, 7) is 8.06. The maximum absolute atomic E-state index is 13.4. The molecule has 3 aromatic rings. The van der Waals surface area contributed by atoms with E-state index in [0.29, 0.717) is 42.2 Å². The van der Waals surface area contributed by atoms with Gasteiger partial charge in [0, 0.05) is 41.8 Å². The van der Waals surface area contributed by atoms with Crippen LogP contribution in [0, 0.1) is 12.8 Å². The van der Waals surface area contributed by atoms with Crippen molar-refractivity contribution in [3.05, 3.63) is 51.1 Å². The predicted molar refractivity (Wildman–Crippen MR) is 159 cm³/mol. The Hall–Kier alpha value is -3.93. The number of nitrogens with zero attached hydrogens (tertiary/aromatic N) is 3. The van der Waals surface area contributed by atoms with Crippen molar-refractivity contribution in [1.29, 1.82) is 0 Å². The first-order chi connectivity index (χ1) is 19.8. The number of aromatic amines is 1. The summed E-state index contributed by atoms with van der Waals surface area (Å²) in [7, 11) is 3.44. The number of amides is 4. The molecule has 1 aliphatic heterocycles. The zero-order chi connectivity index (χ0) is 30.3. The summed E-state index contributed by atoms with van der Waals surface area (Å²) in [5.74, 6) is -0.888. The maximum Gasteiger partial charge on any atom is 0.410 e. The number of thiazole rings is 1. The number of nitrogens with one attached hydrogen (secondary N) is 3. The van der Waals surface area contributed by atoms with Crippen molar-refractivity contribution in [2.45, 2.75) is 77.7 Å². The van der Waals surface area contributed by atoms with E-state index in [4.69, 9.17) is 4.74 Å². The molecule has 1 saturated carbocycles.